The van der Waals surface area contributed by atoms with Crippen LogP contribution in [0.15, 0.2) is 53.4 Å². The number of hydrogen-bond donors (Lipinski definition) is 3. The number of urea groups is 1. The van der Waals surface area contributed by atoms with Crippen LogP contribution in [0.25, 0.3) is 11.1 Å². The molecule has 0 aromatic heterocycles. The molecule has 0 spiro atoms. The SMILES string of the molecule is CNC(=O)N[C@H]1CCCCSc2ccccc2-c2cccc(c2)OC[C@@H](C)NC1=O. The molecule has 2 aromatic rings. The number of ether oxygens (including phenoxy) is 1. The van der Waals surface area contributed by atoms with Crippen molar-refractivity contribution >= 4 is 23.7 Å². The van der Waals surface area contributed by atoms with Crippen LogP contribution in [0.4, 0.5) is 4.79 Å². The molecule has 0 radical (unpaired) electrons. The standard InChI is InChI=1S/C23H29N3O3S/c1-16-15-29-18-9-7-8-17(14-18)19-10-3-4-12-21(19)30-13-6-5-11-20(22(27)25-16)26-23(28)24-2/h3-4,7-10,12,14,16,20H,5-6,11,13,15H2,1-2H3,(H,25,27)(H2,24,26,28)/t16-,20+/m1/s1. The minimum atomic E-state index is -0.569. The van der Waals surface area contributed by atoms with Crippen LogP contribution in [0.2, 0.25) is 0 Å². The normalized spacial score (nSPS) is 20.3. The van der Waals surface area contributed by atoms with Gasteiger partial charge in [-0.05, 0) is 54.8 Å². The van der Waals surface area contributed by atoms with Gasteiger partial charge in [0, 0.05) is 11.9 Å². The van der Waals surface area contributed by atoms with Crippen LogP contribution < -0.4 is 20.7 Å². The molecule has 0 unspecified atom stereocenters. The van der Waals surface area contributed by atoms with E-state index in [1.54, 1.807) is 7.05 Å². The molecule has 1 heterocycles. The Balaban J connectivity index is 1.81. The van der Waals surface area contributed by atoms with Gasteiger partial charge in [-0.1, -0.05) is 36.8 Å². The molecule has 1 aliphatic rings. The van der Waals surface area contributed by atoms with Crippen LogP contribution in [-0.4, -0.2) is 43.4 Å². The van der Waals surface area contributed by atoms with E-state index in [-0.39, 0.29) is 18.0 Å². The summed E-state index contributed by atoms with van der Waals surface area (Å²) in [6, 6.07) is 15.3. The molecule has 30 heavy (non-hydrogen) atoms. The average Bonchev–Trinajstić information content (AvgIpc) is 2.76. The third kappa shape index (κ3) is 6.16. The maximum absolute atomic E-state index is 12.7. The first kappa shape index (κ1) is 22.0. The molecule has 1 aliphatic heterocycles. The van der Waals surface area contributed by atoms with E-state index in [0.29, 0.717) is 13.0 Å². The van der Waals surface area contributed by atoms with E-state index in [1.807, 2.05) is 36.9 Å². The first-order valence-corrected chi connectivity index (χ1v) is 11.3. The van der Waals surface area contributed by atoms with Crippen LogP contribution >= 0.6 is 11.8 Å². The second-order valence-electron chi connectivity index (χ2n) is 7.36. The van der Waals surface area contributed by atoms with Crippen LogP contribution in [-0.2, 0) is 4.79 Å². The predicted molar refractivity (Wildman–Crippen MR) is 121 cm³/mol. The second kappa shape index (κ2) is 10.9. The van der Waals surface area contributed by atoms with Gasteiger partial charge < -0.3 is 20.7 Å². The lowest BCUT2D eigenvalue weighted by atomic mass is 10.1. The second-order valence-corrected chi connectivity index (χ2v) is 8.50. The quantitative estimate of drug-likeness (QED) is 0.647. The van der Waals surface area contributed by atoms with Crippen molar-refractivity contribution in [2.75, 3.05) is 19.4 Å². The number of rotatable bonds is 1. The molecular weight excluding hydrogens is 398 g/mol. The van der Waals surface area contributed by atoms with Gasteiger partial charge >= 0.3 is 6.03 Å². The number of carbonyl (C=O) groups excluding carboxylic acids is 2. The molecule has 2 atom stereocenters. The molecule has 2 bridgehead atoms. The summed E-state index contributed by atoms with van der Waals surface area (Å²) in [7, 11) is 1.54. The van der Waals surface area contributed by atoms with Gasteiger partial charge in [-0.15, -0.1) is 11.8 Å². The summed E-state index contributed by atoms with van der Waals surface area (Å²) in [5, 5.41) is 8.22. The first-order chi connectivity index (χ1) is 14.6. The number of benzene rings is 2. The van der Waals surface area contributed by atoms with Crippen LogP contribution in [0.5, 0.6) is 5.75 Å². The van der Waals surface area contributed by atoms with Gasteiger partial charge in [0.05, 0.1) is 6.04 Å². The van der Waals surface area contributed by atoms with Crippen molar-refractivity contribution < 1.29 is 14.3 Å². The Bertz CT molecular complexity index is 874. The number of nitrogens with one attached hydrogen (secondary N) is 3. The van der Waals surface area contributed by atoms with Gasteiger partial charge in [-0.3, -0.25) is 4.79 Å². The molecule has 0 fully saturated rings. The molecule has 0 saturated carbocycles. The Morgan fingerprint density at radius 3 is 2.83 bits per heavy atom. The van der Waals surface area contributed by atoms with Crippen molar-refractivity contribution in [1.29, 1.82) is 0 Å². The maximum atomic E-state index is 12.7. The summed E-state index contributed by atoms with van der Waals surface area (Å²) in [6.07, 6.45) is 2.39. The number of thioether (sulfide) groups is 1. The third-order valence-electron chi connectivity index (χ3n) is 4.91. The monoisotopic (exact) mass is 427 g/mol. The molecule has 0 aliphatic carbocycles. The highest BCUT2D eigenvalue weighted by Crippen LogP contribution is 2.33. The smallest absolute Gasteiger partial charge is 0.315 e. The van der Waals surface area contributed by atoms with E-state index >= 15 is 0 Å². The number of hydrogen-bond acceptors (Lipinski definition) is 4. The lowest BCUT2D eigenvalue weighted by molar-refractivity contribution is -0.123. The number of fused-ring (bicyclic) bond motifs is 4. The zero-order valence-corrected chi connectivity index (χ0v) is 18.3. The summed E-state index contributed by atoms with van der Waals surface area (Å²) in [5.41, 5.74) is 2.31. The van der Waals surface area contributed by atoms with Crippen LogP contribution in [0.3, 0.4) is 0 Å². The fourth-order valence-corrected chi connectivity index (χ4v) is 4.41. The van der Waals surface area contributed by atoms with Gasteiger partial charge in [0.15, 0.2) is 0 Å². The van der Waals surface area contributed by atoms with E-state index in [1.165, 1.54) is 10.5 Å². The molecule has 160 valence electrons. The molecule has 0 saturated heterocycles. The lowest BCUT2D eigenvalue weighted by Gasteiger charge is -2.22. The highest BCUT2D eigenvalue weighted by Gasteiger charge is 2.22. The van der Waals surface area contributed by atoms with Crippen molar-refractivity contribution in [3.8, 4) is 16.9 Å². The zero-order valence-electron chi connectivity index (χ0n) is 17.4. The van der Waals surface area contributed by atoms with Gasteiger partial charge in [-0.25, -0.2) is 4.79 Å². The van der Waals surface area contributed by atoms with Gasteiger partial charge in [-0.2, -0.15) is 0 Å². The summed E-state index contributed by atoms with van der Waals surface area (Å²) in [4.78, 5) is 25.7. The molecule has 6 nitrogen and oxygen atoms in total. The highest BCUT2D eigenvalue weighted by atomic mass is 32.2. The summed E-state index contributed by atoms with van der Waals surface area (Å²) >= 11 is 1.81. The fourth-order valence-electron chi connectivity index (χ4n) is 3.32. The molecule has 2 aromatic carbocycles. The Labute approximate surface area is 182 Å². The van der Waals surface area contributed by atoms with Crippen molar-refractivity contribution in [2.24, 2.45) is 0 Å². The zero-order chi connectivity index (χ0) is 21.3. The van der Waals surface area contributed by atoms with Gasteiger partial charge in [0.25, 0.3) is 0 Å². The molecular formula is C23H29N3O3S. The maximum Gasteiger partial charge on any atom is 0.315 e. The largest absolute Gasteiger partial charge is 0.491 e. The first-order valence-electron chi connectivity index (χ1n) is 10.3. The Morgan fingerprint density at radius 1 is 1.17 bits per heavy atom. The van der Waals surface area contributed by atoms with E-state index in [4.69, 9.17) is 4.74 Å². The van der Waals surface area contributed by atoms with E-state index in [9.17, 15) is 9.59 Å². The minimum Gasteiger partial charge on any atom is -0.491 e. The summed E-state index contributed by atoms with van der Waals surface area (Å²) in [6.45, 7) is 2.24. The van der Waals surface area contributed by atoms with Crippen LogP contribution in [0.1, 0.15) is 26.2 Å². The summed E-state index contributed by atoms with van der Waals surface area (Å²) < 4.78 is 5.94. The topological polar surface area (TPSA) is 79.5 Å². The predicted octanol–water partition coefficient (Wildman–Crippen LogP) is 3.81. The average molecular weight is 428 g/mol. The van der Waals surface area contributed by atoms with Gasteiger partial charge in [0.2, 0.25) is 5.91 Å². The molecule has 3 rings (SSSR count). The van der Waals surface area contributed by atoms with E-state index in [2.05, 4.69) is 46.3 Å². The van der Waals surface area contributed by atoms with E-state index < -0.39 is 6.04 Å². The number of carbonyl (C=O) groups is 2. The molecule has 7 heteroatoms. The van der Waals surface area contributed by atoms with E-state index in [0.717, 1.165) is 29.9 Å². The van der Waals surface area contributed by atoms with Crippen molar-refractivity contribution in [2.45, 2.75) is 43.2 Å². The highest BCUT2D eigenvalue weighted by molar-refractivity contribution is 7.99. The molecule has 3 N–H and O–H groups in total. The Kier molecular flexibility index (Phi) is 8.02. The van der Waals surface area contributed by atoms with Crippen molar-refractivity contribution in [3.63, 3.8) is 0 Å². The van der Waals surface area contributed by atoms with Crippen molar-refractivity contribution in [3.05, 3.63) is 48.5 Å². The molecule has 3 amide bonds. The minimum absolute atomic E-state index is 0.187. The number of amides is 3. The van der Waals surface area contributed by atoms with Gasteiger partial charge in [0.1, 0.15) is 18.4 Å². The van der Waals surface area contributed by atoms with Crippen LogP contribution in [0, 0.1) is 0 Å². The Morgan fingerprint density at radius 2 is 2.00 bits per heavy atom. The lowest BCUT2D eigenvalue weighted by Crippen LogP contribution is -2.52. The fraction of sp³-hybridized carbons (Fsp3) is 0.391. The Hall–Kier alpha value is -2.67. The summed E-state index contributed by atoms with van der Waals surface area (Å²) in [5.74, 6) is 1.52. The third-order valence-corrected chi connectivity index (χ3v) is 6.07. The van der Waals surface area contributed by atoms with Crippen molar-refractivity contribution in [1.82, 2.24) is 16.0 Å².